The van der Waals surface area contributed by atoms with Gasteiger partial charge in [0.05, 0.1) is 17.2 Å². The van der Waals surface area contributed by atoms with E-state index in [9.17, 15) is 4.79 Å². The fourth-order valence-electron chi connectivity index (χ4n) is 2.69. The van der Waals surface area contributed by atoms with E-state index >= 15 is 0 Å². The van der Waals surface area contributed by atoms with Crippen LogP contribution in [0.5, 0.6) is 17.2 Å². The first-order valence-corrected chi connectivity index (χ1v) is 10.4. The van der Waals surface area contributed by atoms with E-state index in [1.807, 2.05) is 19.1 Å². The molecule has 0 heterocycles. The molecule has 0 fully saturated rings. The number of hydrogen-bond donors (Lipinski definition) is 1. The minimum absolute atomic E-state index is 0.0483. The van der Waals surface area contributed by atoms with Gasteiger partial charge in [0.15, 0.2) is 17.6 Å². The van der Waals surface area contributed by atoms with E-state index in [2.05, 4.69) is 11.2 Å². The summed E-state index contributed by atoms with van der Waals surface area (Å²) in [6.07, 6.45) is 5.06. The fraction of sp³-hybridized carbons (Fsp3) is 0.348. The highest BCUT2D eigenvalue weighted by Crippen LogP contribution is 2.28. The Morgan fingerprint density at radius 3 is 2.61 bits per heavy atom. The van der Waals surface area contributed by atoms with Gasteiger partial charge >= 0.3 is 0 Å². The molecule has 0 aliphatic rings. The number of methoxy groups -OCH3 is 1. The second kappa shape index (κ2) is 13.0. The van der Waals surface area contributed by atoms with Crippen molar-refractivity contribution in [2.45, 2.75) is 19.4 Å². The molecule has 2 aromatic carbocycles. The van der Waals surface area contributed by atoms with Crippen LogP contribution in [0.1, 0.15) is 12.5 Å². The van der Waals surface area contributed by atoms with E-state index in [4.69, 9.17) is 48.6 Å². The minimum atomic E-state index is -0.756. The summed E-state index contributed by atoms with van der Waals surface area (Å²) in [6, 6.07) is 10.4. The molecule has 6 nitrogen and oxygen atoms in total. The second-order valence-corrected chi connectivity index (χ2v) is 7.16. The van der Waals surface area contributed by atoms with Gasteiger partial charge in [0.2, 0.25) is 0 Å². The Morgan fingerprint density at radius 1 is 1.13 bits per heavy atom. The maximum Gasteiger partial charge on any atom is 0.252 e. The van der Waals surface area contributed by atoms with Crippen LogP contribution in [0.2, 0.25) is 10.0 Å². The average Bonchev–Trinajstić information content (AvgIpc) is 2.77. The highest BCUT2D eigenvalue weighted by Gasteiger charge is 2.19. The fourth-order valence-corrected chi connectivity index (χ4v) is 2.98. The Labute approximate surface area is 192 Å². The molecule has 0 aliphatic heterocycles. The third-order valence-electron chi connectivity index (χ3n) is 4.20. The molecular formula is C23H25Cl2NO5. The Balaban J connectivity index is 1.88. The first kappa shape index (κ1) is 24.7. The number of carbonyl (C=O) groups is 1. The molecule has 166 valence electrons. The highest BCUT2D eigenvalue weighted by molar-refractivity contribution is 6.42. The summed E-state index contributed by atoms with van der Waals surface area (Å²) in [5, 5.41) is 3.68. The molecule has 2 rings (SSSR count). The maximum atomic E-state index is 12.5. The molecule has 0 spiro atoms. The van der Waals surface area contributed by atoms with Crippen LogP contribution in [0.3, 0.4) is 0 Å². The van der Waals surface area contributed by atoms with Crippen LogP contribution in [0.15, 0.2) is 36.4 Å². The van der Waals surface area contributed by atoms with Crippen LogP contribution in [0, 0.1) is 12.3 Å². The number of ether oxygens (including phenoxy) is 4. The first-order chi connectivity index (χ1) is 15.0. The average molecular weight is 466 g/mol. The summed E-state index contributed by atoms with van der Waals surface area (Å²) in [7, 11) is 1.56. The van der Waals surface area contributed by atoms with Crippen molar-refractivity contribution in [3.8, 4) is 29.6 Å². The molecule has 0 aromatic heterocycles. The molecule has 0 aliphatic carbocycles. The van der Waals surface area contributed by atoms with Crippen molar-refractivity contribution in [3.05, 3.63) is 52.0 Å². The molecule has 0 saturated heterocycles. The van der Waals surface area contributed by atoms with Crippen molar-refractivity contribution in [1.29, 1.82) is 0 Å². The number of nitrogens with one attached hydrogen (secondary N) is 1. The zero-order valence-electron chi connectivity index (χ0n) is 17.5. The van der Waals surface area contributed by atoms with Crippen molar-refractivity contribution in [2.24, 2.45) is 0 Å². The monoisotopic (exact) mass is 465 g/mol. The van der Waals surface area contributed by atoms with Crippen molar-refractivity contribution < 1.29 is 23.7 Å². The van der Waals surface area contributed by atoms with Crippen molar-refractivity contribution in [3.63, 3.8) is 0 Å². The van der Waals surface area contributed by atoms with Gasteiger partial charge < -0.3 is 24.3 Å². The van der Waals surface area contributed by atoms with Crippen LogP contribution in [-0.2, 0) is 16.0 Å². The number of terminal acetylenes is 1. The van der Waals surface area contributed by atoms with Gasteiger partial charge in [-0.2, -0.15) is 0 Å². The van der Waals surface area contributed by atoms with Gasteiger partial charge in [-0.1, -0.05) is 35.2 Å². The summed E-state index contributed by atoms with van der Waals surface area (Å²) >= 11 is 11.9. The molecule has 8 heteroatoms. The van der Waals surface area contributed by atoms with E-state index in [-0.39, 0.29) is 19.1 Å². The molecule has 1 N–H and O–H groups in total. The Bertz CT molecular complexity index is 913. The molecule has 1 amide bonds. The number of rotatable bonds is 12. The van der Waals surface area contributed by atoms with Crippen molar-refractivity contribution >= 4 is 29.1 Å². The summed E-state index contributed by atoms with van der Waals surface area (Å²) < 4.78 is 21.9. The molecule has 1 atom stereocenters. The van der Waals surface area contributed by atoms with Gasteiger partial charge in [-0.15, -0.1) is 6.42 Å². The first-order valence-electron chi connectivity index (χ1n) is 9.68. The highest BCUT2D eigenvalue weighted by atomic mass is 35.5. The number of halogens is 2. The van der Waals surface area contributed by atoms with E-state index < -0.39 is 6.10 Å². The summed E-state index contributed by atoms with van der Waals surface area (Å²) in [6.45, 7) is 2.82. The maximum absolute atomic E-state index is 12.5. The van der Waals surface area contributed by atoms with Crippen molar-refractivity contribution in [1.82, 2.24) is 5.32 Å². The van der Waals surface area contributed by atoms with Crippen LogP contribution in [-0.4, -0.2) is 45.5 Å². The van der Waals surface area contributed by atoms with Gasteiger partial charge in [-0.05, 0) is 43.2 Å². The SMILES string of the molecule is C#CCOc1ccc(CCNC(=O)[C@H](COc2ccc(Cl)c(Cl)c2)OCC)cc1OC. The summed E-state index contributed by atoms with van der Waals surface area (Å²) in [5.41, 5.74) is 0.977. The topological polar surface area (TPSA) is 66.0 Å². The molecule has 0 saturated carbocycles. The largest absolute Gasteiger partial charge is 0.493 e. The molecule has 0 bridgehead atoms. The number of amides is 1. The van der Waals surface area contributed by atoms with Gasteiger partial charge in [0.25, 0.3) is 5.91 Å². The third-order valence-corrected chi connectivity index (χ3v) is 4.94. The smallest absolute Gasteiger partial charge is 0.252 e. The lowest BCUT2D eigenvalue weighted by Crippen LogP contribution is -2.41. The predicted molar refractivity (Wildman–Crippen MR) is 121 cm³/mol. The van der Waals surface area contributed by atoms with Gasteiger partial charge in [0.1, 0.15) is 19.0 Å². The lowest BCUT2D eigenvalue weighted by Gasteiger charge is -2.18. The Hall–Kier alpha value is -2.59. The lowest BCUT2D eigenvalue weighted by molar-refractivity contribution is -0.134. The van der Waals surface area contributed by atoms with Crippen LogP contribution in [0.25, 0.3) is 0 Å². The van der Waals surface area contributed by atoms with Gasteiger partial charge in [-0.3, -0.25) is 4.79 Å². The third kappa shape index (κ3) is 7.87. The second-order valence-electron chi connectivity index (χ2n) is 6.35. The van der Waals surface area contributed by atoms with E-state index in [0.29, 0.717) is 46.9 Å². The summed E-state index contributed by atoms with van der Waals surface area (Å²) in [4.78, 5) is 12.5. The number of hydrogen-bond acceptors (Lipinski definition) is 5. The standard InChI is InChI=1S/C23H25Cl2NO5/c1-4-12-30-20-9-6-16(13-21(20)28-3)10-11-26-23(27)22(29-5-2)15-31-17-7-8-18(24)19(25)14-17/h1,6-9,13-14,22H,5,10-12,15H2,2-3H3,(H,26,27)/t22-/m0/s1. The van der Waals surface area contributed by atoms with Gasteiger partial charge in [0, 0.05) is 19.2 Å². The molecule has 0 radical (unpaired) electrons. The van der Waals surface area contributed by atoms with E-state index in [1.54, 1.807) is 31.4 Å². The molecule has 2 aromatic rings. The quantitative estimate of drug-likeness (QED) is 0.476. The van der Waals surface area contributed by atoms with Gasteiger partial charge in [-0.25, -0.2) is 0 Å². The minimum Gasteiger partial charge on any atom is -0.493 e. The van der Waals surface area contributed by atoms with Crippen LogP contribution < -0.4 is 19.5 Å². The van der Waals surface area contributed by atoms with Crippen LogP contribution in [0.4, 0.5) is 0 Å². The number of carbonyl (C=O) groups excluding carboxylic acids is 1. The van der Waals surface area contributed by atoms with Crippen molar-refractivity contribution in [2.75, 3.05) is 33.5 Å². The molecular weight excluding hydrogens is 441 g/mol. The molecule has 0 unspecified atom stereocenters. The van der Waals surface area contributed by atoms with E-state index in [0.717, 1.165) is 5.56 Å². The normalized spacial score (nSPS) is 11.3. The predicted octanol–water partition coefficient (Wildman–Crippen LogP) is 4.16. The molecule has 31 heavy (non-hydrogen) atoms. The number of benzene rings is 2. The Morgan fingerprint density at radius 2 is 1.94 bits per heavy atom. The van der Waals surface area contributed by atoms with E-state index in [1.165, 1.54) is 0 Å². The zero-order chi connectivity index (χ0) is 22.6. The zero-order valence-corrected chi connectivity index (χ0v) is 19.0. The van der Waals surface area contributed by atoms with Crippen LogP contribution >= 0.6 is 23.2 Å². The Kier molecular flexibility index (Phi) is 10.3. The summed E-state index contributed by atoms with van der Waals surface area (Å²) in [5.74, 6) is 3.82. The lowest BCUT2D eigenvalue weighted by atomic mass is 10.1.